The summed E-state index contributed by atoms with van der Waals surface area (Å²) < 4.78 is 16.5. The van der Waals surface area contributed by atoms with Crippen LogP contribution in [0.5, 0.6) is 0 Å². The molecular formula is C28H29IO4. The van der Waals surface area contributed by atoms with Crippen LogP contribution in [0.15, 0.2) is 82.7 Å². The van der Waals surface area contributed by atoms with Gasteiger partial charge in [-0.15, -0.1) is 0 Å². The lowest BCUT2D eigenvalue weighted by atomic mass is 9.97. The minimum Gasteiger partial charge on any atom is -0.490 e. The van der Waals surface area contributed by atoms with Crippen LogP contribution >= 0.6 is 20.7 Å². The molecule has 1 atom stereocenters. The van der Waals surface area contributed by atoms with Gasteiger partial charge in [-0.3, -0.25) is 0 Å². The van der Waals surface area contributed by atoms with Crippen molar-refractivity contribution in [1.29, 1.82) is 0 Å². The number of esters is 1. The maximum Gasteiger partial charge on any atom is 0.339 e. The fourth-order valence-electron chi connectivity index (χ4n) is 3.13. The maximum absolute atomic E-state index is 13.0. The molecule has 0 aliphatic carbocycles. The molecule has 0 aliphatic rings. The fraction of sp³-hybridized carbons (Fsp3) is 0.250. The number of rotatable bonds is 9. The molecule has 33 heavy (non-hydrogen) atoms. The SMILES string of the molecule is C=C/C(=C\I=C=C(C)C(C)C)OCC(O)COC(=O)c1c2ccccc2cc2ccccc12. The molecule has 3 aromatic rings. The Hall–Kier alpha value is -2.73. The zero-order chi connectivity index (χ0) is 23.8. The molecule has 5 heteroatoms. The number of aliphatic hydroxyl groups excluding tert-OH is 1. The minimum absolute atomic E-state index is 0.0119. The summed E-state index contributed by atoms with van der Waals surface area (Å²) in [5.74, 6) is 0.621. The molecule has 4 nitrogen and oxygen atoms in total. The number of halogens is 1. The van der Waals surface area contributed by atoms with E-state index < -0.39 is 32.8 Å². The lowest BCUT2D eigenvalue weighted by Crippen LogP contribution is -2.23. The van der Waals surface area contributed by atoms with Gasteiger partial charge in [-0.1, -0.05) is 72.6 Å². The topological polar surface area (TPSA) is 55.8 Å². The summed E-state index contributed by atoms with van der Waals surface area (Å²) in [5.41, 5.74) is 1.74. The van der Waals surface area contributed by atoms with Gasteiger partial charge in [0.1, 0.15) is 25.1 Å². The van der Waals surface area contributed by atoms with E-state index in [0.717, 1.165) is 21.5 Å². The predicted molar refractivity (Wildman–Crippen MR) is 145 cm³/mol. The Morgan fingerprint density at radius 3 is 2.21 bits per heavy atom. The van der Waals surface area contributed by atoms with Crippen molar-refractivity contribution in [2.24, 2.45) is 5.92 Å². The first-order valence-electron chi connectivity index (χ1n) is 10.8. The van der Waals surface area contributed by atoms with E-state index in [2.05, 4.69) is 37.1 Å². The zero-order valence-corrected chi connectivity index (χ0v) is 21.3. The first-order valence-corrected chi connectivity index (χ1v) is 13.2. The molecule has 1 unspecified atom stereocenters. The van der Waals surface area contributed by atoms with Crippen LogP contribution in [0.4, 0.5) is 0 Å². The average Bonchev–Trinajstić information content (AvgIpc) is 2.82. The molecule has 0 aliphatic heterocycles. The molecule has 3 aromatic carbocycles. The number of allylic oxidation sites excluding steroid dienone is 2. The Kier molecular flexibility index (Phi) is 9.01. The number of aliphatic hydroxyl groups is 1. The number of carbonyl (C=O) groups excluding carboxylic acids is 1. The molecule has 0 saturated heterocycles. The van der Waals surface area contributed by atoms with Crippen molar-refractivity contribution in [2.75, 3.05) is 13.2 Å². The second-order valence-corrected chi connectivity index (χ2v) is 9.80. The van der Waals surface area contributed by atoms with E-state index in [9.17, 15) is 9.90 Å². The molecule has 0 amide bonds. The Balaban J connectivity index is 1.68. The highest BCUT2D eigenvalue weighted by Gasteiger charge is 2.18. The molecule has 1 N–H and O–H groups in total. The number of benzene rings is 3. The first-order chi connectivity index (χ1) is 15.9. The molecule has 0 aromatic heterocycles. The fourth-order valence-corrected chi connectivity index (χ4v) is 5.14. The van der Waals surface area contributed by atoms with Gasteiger partial charge in [0.25, 0.3) is 0 Å². The Bertz CT molecular complexity index is 1200. The van der Waals surface area contributed by atoms with Gasteiger partial charge >= 0.3 is 5.97 Å². The average molecular weight is 556 g/mol. The molecule has 0 spiro atoms. The van der Waals surface area contributed by atoms with Crippen LogP contribution < -0.4 is 0 Å². The molecule has 0 radical (unpaired) electrons. The van der Waals surface area contributed by atoms with Gasteiger partial charge in [0.2, 0.25) is 0 Å². The van der Waals surface area contributed by atoms with Crippen molar-refractivity contribution < 1.29 is 19.4 Å². The van der Waals surface area contributed by atoms with E-state index in [4.69, 9.17) is 9.47 Å². The normalized spacial score (nSPS) is 12.5. The number of hydrogen-bond acceptors (Lipinski definition) is 4. The van der Waals surface area contributed by atoms with Crippen LogP contribution in [0.2, 0.25) is 0 Å². The smallest absolute Gasteiger partial charge is 0.339 e. The largest absolute Gasteiger partial charge is 0.490 e. The monoisotopic (exact) mass is 556 g/mol. The van der Waals surface area contributed by atoms with Gasteiger partial charge in [-0.05, 0) is 72.8 Å². The quantitative estimate of drug-likeness (QED) is 0.107. The van der Waals surface area contributed by atoms with Gasteiger partial charge in [0.05, 0.1) is 5.56 Å². The van der Waals surface area contributed by atoms with Gasteiger partial charge in [0, 0.05) is 4.08 Å². The van der Waals surface area contributed by atoms with Gasteiger partial charge in [-0.25, -0.2) is 4.79 Å². The highest BCUT2D eigenvalue weighted by molar-refractivity contribution is 14.2. The Labute approximate surface area is 205 Å². The highest BCUT2D eigenvalue weighted by Crippen LogP contribution is 2.29. The van der Waals surface area contributed by atoms with Gasteiger partial charge in [-0.2, -0.15) is 0 Å². The maximum atomic E-state index is 13.0. The number of fused-ring (bicyclic) bond motifs is 2. The molecule has 0 heterocycles. The van der Waals surface area contributed by atoms with Gasteiger partial charge < -0.3 is 14.6 Å². The molecule has 172 valence electrons. The highest BCUT2D eigenvalue weighted by atomic mass is 127. The number of carbonyl (C=O) groups is 1. The van der Waals surface area contributed by atoms with Crippen molar-refractivity contribution in [3.8, 4) is 0 Å². The molecule has 0 saturated carbocycles. The van der Waals surface area contributed by atoms with Crippen LogP contribution in [0.25, 0.3) is 21.5 Å². The zero-order valence-electron chi connectivity index (χ0n) is 19.2. The Morgan fingerprint density at radius 2 is 1.64 bits per heavy atom. The van der Waals surface area contributed by atoms with Crippen LogP contribution in [0.1, 0.15) is 31.1 Å². The predicted octanol–water partition coefficient (Wildman–Crippen LogP) is 6.53. The van der Waals surface area contributed by atoms with E-state index in [-0.39, 0.29) is 13.2 Å². The van der Waals surface area contributed by atoms with Crippen molar-refractivity contribution in [2.45, 2.75) is 26.9 Å². The van der Waals surface area contributed by atoms with Crippen LogP contribution in [0, 0.1) is 5.92 Å². The number of hydrogen-bond donors (Lipinski definition) is 1. The lowest BCUT2D eigenvalue weighted by Gasteiger charge is -2.15. The third kappa shape index (κ3) is 6.64. The lowest BCUT2D eigenvalue weighted by molar-refractivity contribution is 0.00441. The minimum atomic E-state index is -0.950. The van der Waals surface area contributed by atoms with E-state index in [1.807, 2.05) is 52.6 Å². The van der Waals surface area contributed by atoms with Crippen LogP contribution in [0.3, 0.4) is 0 Å². The van der Waals surface area contributed by atoms with Crippen molar-refractivity contribution in [3.05, 3.63) is 88.2 Å². The second kappa shape index (κ2) is 11.9. The van der Waals surface area contributed by atoms with Crippen LogP contribution in [-0.4, -0.2) is 34.1 Å². The molecular weight excluding hydrogens is 527 g/mol. The summed E-state index contributed by atoms with van der Waals surface area (Å²) in [5, 5.41) is 13.9. The summed E-state index contributed by atoms with van der Waals surface area (Å²) in [4.78, 5) is 13.0. The van der Waals surface area contributed by atoms with Crippen molar-refractivity contribution in [3.63, 3.8) is 0 Å². The summed E-state index contributed by atoms with van der Waals surface area (Å²) in [6.45, 7) is 9.97. The van der Waals surface area contributed by atoms with E-state index >= 15 is 0 Å². The van der Waals surface area contributed by atoms with Crippen molar-refractivity contribution in [1.82, 2.24) is 0 Å². The first kappa shape index (κ1) is 24.9. The standard InChI is InChI=1S/C28H29IO4/c1-5-24(16-29-15-20(4)19(2)3)32-17-23(30)18-33-28(31)27-25-12-8-6-10-21(25)14-22-11-7-9-13-26(22)27/h5-14,16,19,23,30H,1,17-18H2,2-4H3/b24-16+. The molecule has 3 rings (SSSR count). The third-order valence-electron chi connectivity index (χ3n) is 5.26. The van der Waals surface area contributed by atoms with E-state index in [1.165, 1.54) is 5.57 Å². The van der Waals surface area contributed by atoms with E-state index in [1.54, 1.807) is 6.08 Å². The van der Waals surface area contributed by atoms with Crippen LogP contribution in [-0.2, 0) is 9.47 Å². The van der Waals surface area contributed by atoms with Gasteiger partial charge in [0.15, 0.2) is 0 Å². The summed E-state index contributed by atoms with van der Waals surface area (Å²) in [7, 11) is 0. The van der Waals surface area contributed by atoms with E-state index in [0.29, 0.717) is 17.2 Å². The Morgan fingerprint density at radius 1 is 1.06 bits per heavy atom. The summed E-state index contributed by atoms with van der Waals surface area (Å²) in [6.07, 6.45) is 0.668. The summed E-state index contributed by atoms with van der Waals surface area (Å²) in [6, 6.07) is 17.5. The molecule has 0 fully saturated rings. The van der Waals surface area contributed by atoms with Crippen molar-refractivity contribution >= 4 is 51.9 Å². The summed E-state index contributed by atoms with van der Waals surface area (Å²) >= 11 is -0.425. The number of ether oxygens (including phenoxy) is 2. The second-order valence-electron chi connectivity index (χ2n) is 8.01. The third-order valence-corrected chi connectivity index (χ3v) is 7.34. The molecule has 0 bridgehead atoms.